The van der Waals surface area contributed by atoms with Crippen LogP contribution in [0.25, 0.3) is 11.3 Å². The Morgan fingerprint density at radius 1 is 1.05 bits per heavy atom. The molecule has 3 amide bonds. The molecule has 0 fully saturated rings. The van der Waals surface area contributed by atoms with E-state index in [1.165, 1.54) is 30.3 Å². The van der Waals surface area contributed by atoms with Crippen LogP contribution in [0, 0.1) is 5.92 Å². The number of benzene rings is 2. The zero-order valence-electron chi connectivity index (χ0n) is 22.2. The molecule has 4 N–H and O–H groups in total. The SMILES string of the molecule is CCCCCC(CN(C=O)OCc1ccccc1)C(=O)NCNC(=O)c1ccc(-c2cccc(P(=O)(O)O)c2)o1. The molecule has 0 aliphatic heterocycles. The van der Waals surface area contributed by atoms with E-state index in [1.807, 2.05) is 30.3 Å². The maximum absolute atomic E-state index is 12.9. The normalized spacial score (nSPS) is 12.0. The number of hydrogen-bond donors (Lipinski definition) is 4. The van der Waals surface area contributed by atoms with Gasteiger partial charge in [0.15, 0.2) is 5.76 Å². The van der Waals surface area contributed by atoms with E-state index in [4.69, 9.17) is 9.25 Å². The van der Waals surface area contributed by atoms with Crippen molar-refractivity contribution in [1.82, 2.24) is 15.7 Å². The minimum Gasteiger partial charge on any atom is -0.451 e. The summed E-state index contributed by atoms with van der Waals surface area (Å²) in [5.41, 5.74) is 1.29. The van der Waals surface area contributed by atoms with E-state index < -0.39 is 19.4 Å². The third kappa shape index (κ3) is 9.46. The first-order valence-electron chi connectivity index (χ1n) is 12.9. The van der Waals surface area contributed by atoms with E-state index in [1.54, 1.807) is 6.07 Å². The second kappa shape index (κ2) is 15.1. The van der Waals surface area contributed by atoms with Crippen molar-refractivity contribution in [1.29, 1.82) is 0 Å². The second-order valence-electron chi connectivity index (χ2n) is 9.14. The molecule has 0 radical (unpaired) electrons. The summed E-state index contributed by atoms with van der Waals surface area (Å²) in [6.07, 6.45) is 3.80. The van der Waals surface area contributed by atoms with Gasteiger partial charge in [0.05, 0.1) is 24.4 Å². The number of carbonyl (C=O) groups is 3. The molecule has 1 unspecified atom stereocenters. The lowest BCUT2D eigenvalue weighted by Gasteiger charge is -2.23. The number of hydrogen-bond acceptors (Lipinski definition) is 6. The third-order valence-corrected chi connectivity index (χ3v) is 7.04. The molecule has 3 aromatic rings. The van der Waals surface area contributed by atoms with Crippen LogP contribution in [0.4, 0.5) is 0 Å². The number of amides is 3. The number of rotatable bonds is 16. The molecule has 3 rings (SSSR count). The van der Waals surface area contributed by atoms with E-state index in [9.17, 15) is 28.7 Å². The fourth-order valence-corrected chi connectivity index (χ4v) is 4.51. The number of nitrogens with one attached hydrogen (secondary N) is 2. The van der Waals surface area contributed by atoms with Gasteiger partial charge in [0, 0.05) is 5.56 Å². The lowest BCUT2D eigenvalue weighted by Crippen LogP contribution is -2.43. The zero-order chi connectivity index (χ0) is 29.0. The smallest absolute Gasteiger partial charge is 0.356 e. The second-order valence-corrected chi connectivity index (χ2v) is 10.7. The summed E-state index contributed by atoms with van der Waals surface area (Å²) in [6, 6.07) is 18.0. The predicted octanol–water partition coefficient (Wildman–Crippen LogP) is 3.34. The number of unbranched alkanes of at least 4 members (excludes halogenated alkanes) is 2. The third-order valence-electron chi connectivity index (χ3n) is 6.09. The molecular formula is C28H34N3O8P. The molecule has 214 valence electrons. The molecule has 0 bridgehead atoms. The highest BCUT2D eigenvalue weighted by Gasteiger charge is 2.22. The van der Waals surface area contributed by atoms with Gasteiger partial charge in [0.2, 0.25) is 12.3 Å². The quantitative estimate of drug-likeness (QED) is 0.0670. The Hall–Kier alpha value is -3.76. The molecule has 0 aliphatic carbocycles. The van der Waals surface area contributed by atoms with Crippen molar-refractivity contribution in [2.45, 2.75) is 39.2 Å². The van der Waals surface area contributed by atoms with Crippen molar-refractivity contribution in [3.8, 4) is 11.3 Å². The lowest BCUT2D eigenvalue weighted by atomic mass is 10.0. The Bertz CT molecular complexity index is 1310. The first kappa shape index (κ1) is 30.8. The molecule has 0 saturated heterocycles. The molecular weight excluding hydrogens is 537 g/mol. The number of nitrogens with zero attached hydrogens (tertiary/aromatic N) is 1. The number of hydroxylamine groups is 2. The van der Waals surface area contributed by atoms with E-state index >= 15 is 0 Å². The fraction of sp³-hybridized carbons (Fsp3) is 0.321. The van der Waals surface area contributed by atoms with Crippen LogP contribution in [0.15, 0.2) is 71.1 Å². The Morgan fingerprint density at radius 3 is 2.52 bits per heavy atom. The number of carbonyl (C=O) groups excluding carboxylic acids is 3. The van der Waals surface area contributed by atoms with Gasteiger partial charge in [-0.2, -0.15) is 0 Å². The van der Waals surface area contributed by atoms with E-state index in [-0.39, 0.29) is 42.6 Å². The minimum absolute atomic E-state index is 0.0354. The largest absolute Gasteiger partial charge is 0.451 e. The van der Waals surface area contributed by atoms with Gasteiger partial charge in [-0.1, -0.05) is 68.7 Å². The van der Waals surface area contributed by atoms with Crippen LogP contribution in [-0.2, 0) is 25.6 Å². The summed E-state index contributed by atoms with van der Waals surface area (Å²) >= 11 is 0. The van der Waals surface area contributed by atoms with Gasteiger partial charge in [0.1, 0.15) is 12.4 Å². The lowest BCUT2D eigenvalue weighted by molar-refractivity contribution is -0.182. The number of furan rings is 1. The highest BCUT2D eigenvalue weighted by atomic mass is 31.2. The van der Waals surface area contributed by atoms with Gasteiger partial charge < -0.3 is 24.8 Å². The highest BCUT2D eigenvalue weighted by molar-refractivity contribution is 7.60. The summed E-state index contributed by atoms with van der Waals surface area (Å²) in [5, 5.41) is 6.20. The Morgan fingerprint density at radius 2 is 1.82 bits per heavy atom. The maximum atomic E-state index is 12.9. The van der Waals surface area contributed by atoms with Crippen molar-refractivity contribution in [3.63, 3.8) is 0 Å². The van der Waals surface area contributed by atoms with Gasteiger partial charge in [-0.3, -0.25) is 23.8 Å². The van der Waals surface area contributed by atoms with Crippen LogP contribution in [0.2, 0.25) is 0 Å². The molecule has 2 aromatic carbocycles. The molecule has 1 heterocycles. The maximum Gasteiger partial charge on any atom is 0.356 e. The molecule has 40 heavy (non-hydrogen) atoms. The average Bonchev–Trinajstić information content (AvgIpc) is 3.45. The Labute approximate surface area is 232 Å². The van der Waals surface area contributed by atoms with Crippen molar-refractivity contribution in [2.24, 2.45) is 5.92 Å². The van der Waals surface area contributed by atoms with Crippen molar-refractivity contribution in [2.75, 3.05) is 13.2 Å². The van der Waals surface area contributed by atoms with Crippen LogP contribution in [-0.4, -0.2) is 46.3 Å². The summed E-state index contributed by atoms with van der Waals surface area (Å²) < 4.78 is 17.1. The van der Waals surface area contributed by atoms with E-state index in [0.29, 0.717) is 18.4 Å². The topological polar surface area (TPSA) is 158 Å². The molecule has 0 saturated carbocycles. The average molecular weight is 572 g/mol. The van der Waals surface area contributed by atoms with Gasteiger partial charge in [-0.15, -0.1) is 0 Å². The fourth-order valence-electron chi connectivity index (χ4n) is 3.92. The van der Waals surface area contributed by atoms with E-state index in [2.05, 4.69) is 17.6 Å². The summed E-state index contributed by atoms with van der Waals surface area (Å²) in [4.78, 5) is 61.5. The first-order valence-corrected chi connectivity index (χ1v) is 14.5. The van der Waals surface area contributed by atoms with Crippen molar-refractivity contribution in [3.05, 3.63) is 78.1 Å². The summed E-state index contributed by atoms with van der Waals surface area (Å²) in [6.45, 7) is 2.14. The Balaban J connectivity index is 1.55. The van der Waals surface area contributed by atoms with E-state index in [0.717, 1.165) is 29.9 Å². The zero-order valence-corrected chi connectivity index (χ0v) is 23.1. The molecule has 1 atom stereocenters. The summed E-state index contributed by atoms with van der Waals surface area (Å²) in [5.74, 6) is -1.24. The van der Waals surface area contributed by atoms with Gasteiger partial charge in [0.25, 0.3) is 5.91 Å². The molecule has 11 nitrogen and oxygen atoms in total. The highest BCUT2D eigenvalue weighted by Crippen LogP contribution is 2.34. The standard InChI is InChI=1S/C28H34N3O8P/c1-2-3-5-11-23(17-31(20-32)38-18-21-9-6-4-7-10-21)27(33)29-19-30-28(34)26-15-14-25(39-26)22-12-8-13-24(16-22)40(35,36)37/h4,6-10,12-16,20,23H,2-3,5,11,17-19H2,1H3,(H,29,33)(H,30,34)(H2,35,36,37). The molecule has 0 spiro atoms. The molecule has 1 aromatic heterocycles. The Kier molecular flexibility index (Phi) is 11.6. The van der Waals surface area contributed by atoms with Crippen molar-refractivity contribution < 1.29 is 38.0 Å². The summed E-state index contributed by atoms with van der Waals surface area (Å²) in [7, 11) is -4.44. The van der Waals surface area contributed by atoms with Gasteiger partial charge >= 0.3 is 7.60 Å². The van der Waals surface area contributed by atoms with Crippen molar-refractivity contribution >= 4 is 31.1 Å². The van der Waals surface area contributed by atoms with Crippen LogP contribution in [0.3, 0.4) is 0 Å². The molecule has 12 heteroatoms. The monoisotopic (exact) mass is 571 g/mol. The minimum atomic E-state index is -4.44. The van der Waals surface area contributed by atoms with Crippen LogP contribution < -0.4 is 15.9 Å². The van der Waals surface area contributed by atoms with Gasteiger partial charge in [-0.05, 0) is 36.2 Å². The first-order chi connectivity index (χ1) is 19.2. The molecule has 0 aliphatic rings. The van der Waals surface area contributed by atoms with Gasteiger partial charge in [-0.25, -0.2) is 5.06 Å². The van der Waals surface area contributed by atoms with Crippen LogP contribution in [0.1, 0.15) is 48.7 Å². The van der Waals surface area contributed by atoms with Crippen LogP contribution >= 0.6 is 7.60 Å². The van der Waals surface area contributed by atoms with Crippen LogP contribution in [0.5, 0.6) is 0 Å². The predicted molar refractivity (Wildman–Crippen MR) is 148 cm³/mol.